The van der Waals surface area contributed by atoms with Crippen molar-refractivity contribution in [1.82, 2.24) is 20.6 Å². The number of hydrogen-bond acceptors (Lipinski definition) is 8. The highest BCUT2D eigenvalue weighted by molar-refractivity contribution is 6.01. The van der Waals surface area contributed by atoms with Crippen LogP contribution in [0.3, 0.4) is 0 Å². The van der Waals surface area contributed by atoms with E-state index in [1.54, 1.807) is 0 Å². The number of nitrogens with zero attached hydrogens (tertiary/aromatic N) is 4. The number of aromatic hydroxyl groups is 1. The summed E-state index contributed by atoms with van der Waals surface area (Å²) in [6, 6.07) is 2.47. The van der Waals surface area contributed by atoms with E-state index in [-0.39, 0.29) is 28.6 Å². The van der Waals surface area contributed by atoms with Crippen molar-refractivity contribution < 1.29 is 19.7 Å². The first kappa shape index (κ1) is 13.3. The van der Waals surface area contributed by atoms with Crippen molar-refractivity contribution in [3.8, 4) is 11.5 Å². The molecule has 0 amide bonds. The Morgan fingerprint density at radius 2 is 2.35 bits per heavy atom. The number of nitrogens with one attached hydrogen (secondary N) is 2. The minimum absolute atomic E-state index is 0.00330. The zero-order chi connectivity index (χ0) is 14.5. The molecule has 20 heavy (non-hydrogen) atoms. The van der Waals surface area contributed by atoms with Crippen molar-refractivity contribution >= 4 is 18.1 Å². The van der Waals surface area contributed by atoms with Crippen LogP contribution in [0.2, 0.25) is 0 Å². The van der Waals surface area contributed by atoms with E-state index in [0.29, 0.717) is 0 Å². The molecule has 10 heteroatoms. The van der Waals surface area contributed by atoms with Gasteiger partial charge in [0.1, 0.15) is 0 Å². The Bertz CT molecular complexity index is 639. The molecule has 0 bridgehead atoms. The van der Waals surface area contributed by atoms with Crippen molar-refractivity contribution in [3.63, 3.8) is 0 Å². The summed E-state index contributed by atoms with van der Waals surface area (Å²) in [5.41, 5.74) is 2.47. The normalized spacial score (nSPS) is 10.7. The molecule has 0 radical (unpaired) electrons. The third-order valence-corrected chi connectivity index (χ3v) is 2.31. The number of H-pyrrole nitrogens is 1. The molecule has 0 aliphatic heterocycles. The summed E-state index contributed by atoms with van der Waals surface area (Å²) in [6.45, 7) is 0. The summed E-state index contributed by atoms with van der Waals surface area (Å²) in [5, 5.41) is 35.2. The third kappa shape index (κ3) is 2.63. The summed E-state index contributed by atoms with van der Waals surface area (Å²) < 4.78 is 4.97. The van der Waals surface area contributed by atoms with Gasteiger partial charge >= 0.3 is 5.97 Å². The molecule has 0 aliphatic rings. The fourth-order valence-electron chi connectivity index (χ4n) is 1.48. The highest BCUT2D eigenvalue weighted by Crippen LogP contribution is 2.31. The van der Waals surface area contributed by atoms with Crippen LogP contribution in [0.1, 0.15) is 15.9 Å². The average Bonchev–Trinajstić information content (AvgIpc) is 2.92. The molecule has 0 spiro atoms. The number of phenols is 1. The lowest BCUT2D eigenvalue weighted by atomic mass is 10.1. The van der Waals surface area contributed by atoms with Crippen molar-refractivity contribution in [1.29, 1.82) is 0 Å². The number of aromatic carboxylic acids is 1. The predicted octanol–water partition coefficient (Wildman–Crippen LogP) is 0.0581. The molecular formula is C10H10N6O4. The lowest BCUT2D eigenvalue weighted by molar-refractivity contribution is 0.0696. The molecule has 0 unspecified atom stereocenters. The Hall–Kier alpha value is -3.17. The van der Waals surface area contributed by atoms with Crippen LogP contribution in [0.15, 0.2) is 17.2 Å². The second-order valence-electron chi connectivity index (χ2n) is 3.49. The molecule has 0 saturated carbocycles. The van der Waals surface area contributed by atoms with Gasteiger partial charge in [0.05, 0.1) is 24.5 Å². The van der Waals surface area contributed by atoms with Gasteiger partial charge in [0.15, 0.2) is 11.5 Å². The second kappa shape index (κ2) is 5.65. The van der Waals surface area contributed by atoms with Gasteiger partial charge in [-0.15, -0.1) is 5.10 Å². The number of aromatic nitrogens is 4. The van der Waals surface area contributed by atoms with Crippen LogP contribution in [0.4, 0.5) is 5.95 Å². The molecule has 0 atom stereocenters. The number of hydrazone groups is 1. The number of methoxy groups -OCH3 is 1. The van der Waals surface area contributed by atoms with Crippen LogP contribution in [-0.4, -0.2) is 50.1 Å². The molecule has 1 heterocycles. The number of hydrogen-bond donors (Lipinski definition) is 4. The Kier molecular flexibility index (Phi) is 3.75. The largest absolute Gasteiger partial charge is 0.504 e. The number of carboxylic acid groups (broad SMARTS) is 1. The van der Waals surface area contributed by atoms with Crippen molar-refractivity contribution in [2.24, 2.45) is 5.10 Å². The molecule has 4 N–H and O–H groups in total. The highest BCUT2D eigenvalue weighted by atomic mass is 16.5. The van der Waals surface area contributed by atoms with Crippen LogP contribution in [-0.2, 0) is 0 Å². The van der Waals surface area contributed by atoms with Gasteiger partial charge in [0, 0.05) is 0 Å². The van der Waals surface area contributed by atoms with Gasteiger partial charge in [-0.25, -0.2) is 10.2 Å². The Morgan fingerprint density at radius 1 is 1.55 bits per heavy atom. The van der Waals surface area contributed by atoms with Crippen LogP contribution >= 0.6 is 0 Å². The standard InChI is InChI=1S/C10H10N6O4/c1-20-8-6(4-11-12-10-13-15-16-14-10)5(9(18)19)2-3-7(8)17/h2-4,17H,1H3,(H,18,19)(H2,12,13,14,15,16)/b11-4+. The molecule has 104 valence electrons. The molecular weight excluding hydrogens is 268 g/mol. The summed E-state index contributed by atoms with van der Waals surface area (Å²) in [7, 11) is 1.31. The van der Waals surface area contributed by atoms with Crippen molar-refractivity contribution in [2.75, 3.05) is 12.5 Å². The number of carbonyl (C=O) groups is 1. The van der Waals surface area contributed by atoms with E-state index >= 15 is 0 Å². The maximum atomic E-state index is 11.1. The molecule has 2 aromatic rings. The Morgan fingerprint density at radius 3 is 2.95 bits per heavy atom. The maximum absolute atomic E-state index is 11.1. The van der Waals surface area contributed by atoms with E-state index in [1.807, 2.05) is 0 Å². The lowest BCUT2D eigenvalue weighted by Gasteiger charge is -2.09. The average molecular weight is 278 g/mol. The van der Waals surface area contributed by atoms with E-state index in [0.717, 1.165) is 0 Å². The smallest absolute Gasteiger partial charge is 0.336 e. The number of tetrazole rings is 1. The van der Waals surface area contributed by atoms with Gasteiger partial charge in [0.25, 0.3) is 5.95 Å². The summed E-state index contributed by atoms with van der Waals surface area (Å²) in [4.78, 5) is 11.1. The minimum atomic E-state index is -1.18. The maximum Gasteiger partial charge on any atom is 0.336 e. The van der Waals surface area contributed by atoms with Gasteiger partial charge < -0.3 is 14.9 Å². The molecule has 2 rings (SSSR count). The monoisotopic (exact) mass is 278 g/mol. The summed E-state index contributed by atoms with van der Waals surface area (Å²) in [5.74, 6) is -1.26. The fraction of sp³-hybridized carbons (Fsp3) is 0.100. The quantitative estimate of drug-likeness (QED) is 0.443. The number of rotatable bonds is 5. The van der Waals surface area contributed by atoms with Crippen molar-refractivity contribution in [2.45, 2.75) is 0 Å². The predicted molar refractivity (Wildman–Crippen MR) is 67.0 cm³/mol. The Labute approximate surface area is 112 Å². The number of carboxylic acids is 1. The van der Waals surface area contributed by atoms with E-state index in [2.05, 4.69) is 31.2 Å². The minimum Gasteiger partial charge on any atom is -0.504 e. The number of aromatic amines is 1. The van der Waals surface area contributed by atoms with E-state index in [4.69, 9.17) is 9.84 Å². The summed E-state index contributed by atoms with van der Waals surface area (Å²) in [6.07, 6.45) is 1.18. The molecule has 0 fully saturated rings. The van der Waals surface area contributed by atoms with E-state index in [9.17, 15) is 9.90 Å². The third-order valence-electron chi connectivity index (χ3n) is 2.31. The molecule has 0 aliphatic carbocycles. The number of ether oxygens (including phenoxy) is 1. The van der Waals surface area contributed by atoms with Gasteiger partial charge in [-0.1, -0.05) is 5.10 Å². The van der Waals surface area contributed by atoms with Gasteiger partial charge in [-0.3, -0.25) is 0 Å². The number of benzene rings is 1. The van der Waals surface area contributed by atoms with Gasteiger partial charge in [-0.2, -0.15) is 10.3 Å². The first-order valence-corrected chi connectivity index (χ1v) is 5.29. The SMILES string of the molecule is COc1c(O)ccc(C(=O)O)c1/C=N/Nc1nn[nH]n1. The highest BCUT2D eigenvalue weighted by Gasteiger charge is 2.16. The van der Waals surface area contributed by atoms with E-state index < -0.39 is 5.97 Å². The lowest BCUT2D eigenvalue weighted by Crippen LogP contribution is -2.05. The van der Waals surface area contributed by atoms with Crippen LogP contribution in [0.5, 0.6) is 11.5 Å². The molecule has 0 saturated heterocycles. The topological polar surface area (TPSA) is 146 Å². The fourth-order valence-corrected chi connectivity index (χ4v) is 1.48. The Balaban J connectivity index is 2.35. The van der Waals surface area contributed by atoms with Crippen LogP contribution < -0.4 is 10.2 Å². The van der Waals surface area contributed by atoms with Crippen molar-refractivity contribution in [3.05, 3.63) is 23.3 Å². The number of anilines is 1. The first-order chi connectivity index (χ1) is 9.63. The molecule has 1 aromatic carbocycles. The molecule has 1 aromatic heterocycles. The summed E-state index contributed by atoms with van der Waals surface area (Å²) >= 11 is 0. The second-order valence-corrected chi connectivity index (χ2v) is 3.49. The number of phenolic OH excluding ortho intramolecular Hbond substituents is 1. The van der Waals surface area contributed by atoms with Crippen LogP contribution in [0.25, 0.3) is 0 Å². The first-order valence-electron chi connectivity index (χ1n) is 5.29. The van der Waals surface area contributed by atoms with Gasteiger partial charge in [0.2, 0.25) is 0 Å². The molecule has 10 nitrogen and oxygen atoms in total. The van der Waals surface area contributed by atoms with Crippen LogP contribution in [0, 0.1) is 0 Å². The van der Waals surface area contributed by atoms with E-state index in [1.165, 1.54) is 25.5 Å². The van der Waals surface area contributed by atoms with Gasteiger partial charge in [-0.05, 0) is 17.3 Å². The zero-order valence-corrected chi connectivity index (χ0v) is 10.2. The zero-order valence-electron chi connectivity index (χ0n) is 10.2.